The molecule has 0 bridgehead atoms. The largest absolute Gasteiger partial charge is 0.343 e. The van der Waals surface area contributed by atoms with Crippen LogP contribution in [0.3, 0.4) is 0 Å². The number of para-hydroxylation sites is 1. The number of anilines is 2. The van der Waals surface area contributed by atoms with Crippen LogP contribution in [0.25, 0.3) is 0 Å². The van der Waals surface area contributed by atoms with E-state index in [9.17, 15) is 14.9 Å². The monoisotopic (exact) mass is 365 g/mol. The summed E-state index contributed by atoms with van der Waals surface area (Å²) in [6.45, 7) is 4.16. The zero-order valence-electron chi connectivity index (χ0n) is 15.4. The van der Waals surface area contributed by atoms with E-state index in [0.29, 0.717) is 18.7 Å². The summed E-state index contributed by atoms with van der Waals surface area (Å²) in [5.74, 6) is 0.503. The van der Waals surface area contributed by atoms with E-state index in [4.69, 9.17) is 0 Å². The molecule has 27 heavy (non-hydrogen) atoms. The zero-order chi connectivity index (χ0) is 19.0. The Morgan fingerprint density at radius 2 is 2.00 bits per heavy atom. The lowest BCUT2D eigenvalue weighted by Crippen LogP contribution is -2.27. The number of nitro groups is 1. The van der Waals surface area contributed by atoms with Gasteiger partial charge in [0.05, 0.1) is 4.92 Å². The summed E-state index contributed by atoms with van der Waals surface area (Å²) in [5, 5.41) is 11.6. The quantitative estimate of drug-likeness (QED) is 0.590. The van der Waals surface area contributed by atoms with Gasteiger partial charge < -0.3 is 9.80 Å². The first-order chi connectivity index (χ1) is 13.0. The molecule has 140 valence electrons. The standard InChI is InChI=1S/C21H23N3O3/c1-15-8-9-19(20(13-15)24(26)27)23-14-16(17-5-2-3-6-18(17)23)10-12-22-11-4-7-21(22)25/h2-3,5-6,8-9,13,16H,4,7,10-12,14H2,1H3. The number of fused-ring (bicyclic) bond motifs is 1. The van der Waals surface area contributed by atoms with Crippen LogP contribution in [0.4, 0.5) is 17.1 Å². The Hall–Kier alpha value is -2.89. The summed E-state index contributed by atoms with van der Waals surface area (Å²) >= 11 is 0. The van der Waals surface area contributed by atoms with E-state index in [1.807, 2.05) is 42.2 Å². The van der Waals surface area contributed by atoms with E-state index in [1.54, 1.807) is 6.07 Å². The number of aryl methyl sites for hydroxylation is 1. The highest BCUT2D eigenvalue weighted by Gasteiger charge is 2.33. The first kappa shape index (κ1) is 17.5. The average Bonchev–Trinajstić information content (AvgIpc) is 3.23. The van der Waals surface area contributed by atoms with Gasteiger partial charge in [-0.15, -0.1) is 0 Å². The summed E-state index contributed by atoms with van der Waals surface area (Å²) in [6.07, 6.45) is 2.48. The summed E-state index contributed by atoms with van der Waals surface area (Å²) in [4.78, 5) is 27.2. The molecule has 0 saturated carbocycles. The summed E-state index contributed by atoms with van der Waals surface area (Å²) in [7, 11) is 0. The number of amides is 1. The summed E-state index contributed by atoms with van der Waals surface area (Å²) < 4.78 is 0. The maximum Gasteiger partial charge on any atom is 0.293 e. The van der Waals surface area contributed by atoms with Crippen molar-refractivity contribution in [2.75, 3.05) is 24.5 Å². The van der Waals surface area contributed by atoms with Crippen LogP contribution in [-0.2, 0) is 4.79 Å². The molecule has 1 amide bonds. The van der Waals surface area contributed by atoms with Gasteiger partial charge in [0.15, 0.2) is 0 Å². The minimum Gasteiger partial charge on any atom is -0.343 e. The number of carbonyl (C=O) groups is 1. The molecule has 2 aromatic rings. The molecule has 2 aromatic carbocycles. The fourth-order valence-electron chi connectivity index (χ4n) is 4.23. The Labute approximate surface area is 158 Å². The van der Waals surface area contributed by atoms with E-state index in [1.165, 1.54) is 5.56 Å². The van der Waals surface area contributed by atoms with Gasteiger partial charge in [-0.2, -0.15) is 0 Å². The second-order valence-corrected chi connectivity index (χ2v) is 7.39. The molecular weight excluding hydrogens is 342 g/mol. The number of benzene rings is 2. The van der Waals surface area contributed by atoms with E-state index in [-0.39, 0.29) is 22.4 Å². The molecular formula is C21H23N3O3. The van der Waals surface area contributed by atoms with E-state index < -0.39 is 0 Å². The molecule has 1 fully saturated rings. The molecule has 2 aliphatic heterocycles. The third kappa shape index (κ3) is 3.27. The van der Waals surface area contributed by atoms with Crippen LogP contribution < -0.4 is 4.90 Å². The first-order valence-corrected chi connectivity index (χ1v) is 9.44. The van der Waals surface area contributed by atoms with Crippen LogP contribution in [-0.4, -0.2) is 35.4 Å². The van der Waals surface area contributed by atoms with Crippen LogP contribution in [0.1, 0.15) is 36.3 Å². The molecule has 1 atom stereocenters. The van der Waals surface area contributed by atoms with Crippen LogP contribution in [0, 0.1) is 17.0 Å². The molecule has 2 heterocycles. The number of hydrogen-bond acceptors (Lipinski definition) is 4. The summed E-state index contributed by atoms with van der Waals surface area (Å²) in [6, 6.07) is 13.5. The maximum absolute atomic E-state index is 11.9. The predicted molar refractivity (Wildman–Crippen MR) is 104 cm³/mol. The molecule has 0 N–H and O–H groups in total. The van der Waals surface area contributed by atoms with Crippen molar-refractivity contribution < 1.29 is 9.72 Å². The van der Waals surface area contributed by atoms with Gasteiger partial charge in [-0.1, -0.05) is 24.3 Å². The minimum atomic E-state index is -0.304. The van der Waals surface area contributed by atoms with E-state index in [0.717, 1.165) is 37.2 Å². The molecule has 6 heteroatoms. The fraction of sp³-hybridized carbons (Fsp3) is 0.381. The van der Waals surface area contributed by atoms with Crippen LogP contribution in [0.5, 0.6) is 0 Å². The number of likely N-dealkylation sites (tertiary alicyclic amines) is 1. The predicted octanol–water partition coefficient (Wildman–Crippen LogP) is 4.15. The number of carbonyl (C=O) groups excluding carboxylic acids is 1. The number of rotatable bonds is 5. The SMILES string of the molecule is Cc1ccc(N2CC(CCN3CCCC3=O)c3ccccc32)c([N+](=O)[O-])c1. The lowest BCUT2D eigenvalue weighted by atomic mass is 9.98. The van der Waals surface area contributed by atoms with Gasteiger partial charge in [0, 0.05) is 43.7 Å². The van der Waals surface area contributed by atoms with Gasteiger partial charge >= 0.3 is 0 Å². The highest BCUT2D eigenvalue weighted by atomic mass is 16.6. The molecule has 6 nitrogen and oxygen atoms in total. The number of hydrogen-bond donors (Lipinski definition) is 0. The second kappa shape index (κ2) is 7.02. The lowest BCUT2D eigenvalue weighted by Gasteiger charge is -2.21. The Kier molecular flexibility index (Phi) is 4.56. The van der Waals surface area contributed by atoms with Crippen molar-refractivity contribution in [3.8, 4) is 0 Å². The van der Waals surface area contributed by atoms with Gasteiger partial charge in [0.1, 0.15) is 5.69 Å². The first-order valence-electron chi connectivity index (χ1n) is 9.44. The Bertz CT molecular complexity index is 896. The highest BCUT2D eigenvalue weighted by molar-refractivity contribution is 5.78. The van der Waals surface area contributed by atoms with Crippen molar-refractivity contribution in [3.63, 3.8) is 0 Å². The molecule has 1 unspecified atom stereocenters. The highest BCUT2D eigenvalue weighted by Crippen LogP contribution is 2.45. The Morgan fingerprint density at radius 3 is 2.74 bits per heavy atom. The van der Waals surface area contributed by atoms with Gasteiger partial charge in [0.25, 0.3) is 5.69 Å². The maximum atomic E-state index is 11.9. The van der Waals surface area contributed by atoms with E-state index in [2.05, 4.69) is 11.0 Å². The Balaban J connectivity index is 1.62. The lowest BCUT2D eigenvalue weighted by molar-refractivity contribution is -0.384. The summed E-state index contributed by atoms with van der Waals surface area (Å²) in [5.41, 5.74) is 3.89. The molecule has 0 aliphatic carbocycles. The third-order valence-electron chi connectivity index (χ3n) is 5.61. The van der Waals surface area contributed by atoms with Crippen LogP contribution >= 0.6 is 0 Å². The van der Waals surface area contributed by atoms with Crippen molar-refractivity contribution >= 4 is 23.0 Å². The van der Waals surface area contributed by atoms with Crippen molar-refractivity contribution in [3.05, 3.63) is 63.7 Å². The van der Waals surface area contributed by atoms with Gasteiger partial charge in [-0.05, 0) is 43.0 Å². The molecule has 0 spiro atoms. The van der Waals surface area contributed by atoms with Crippen LogP contribution in [0.2, 0.25) is 0 Å². The van der Waals surface area contributed by atoms with Crippen LogP contribution in [0.15, 0.2) is 42.5 Å². The van der Waals surface area contributed by atoms with E-state index >= 15 is 0 Å². The van der Waals surface area contributed by atoms with Crippen molar-refractivity contribution in [2.24, 2.45) is 0 Å². The number of nitrogens with zero attached hydrogens (tertiary/aromatic N) is 3. The van der Waals surface area contributed by atoms with Crippen molar-refractivity contribution in [1.82, 2.24) is 4.90 Å². The Morgan fingerprint density at radius 1 is 1.19 bits per heavy atom. The second-order valence-electron chi connectivity index (χ2n) is 7.39. The molecule has 4 rings (SSSR count). The number of nitro benzene ring substituents is 1. The molecule has 1 saturated heterocycles. The van der Waals surface area contributed by atoms with Gasteiger partial charge in [-0.25, -0.2) is 0 Å². The van der Waals surface area contributed by atoms with Gasteiger partial charge in [0.2, 0.25) is 5.91 Å². The topological polar surface area (TPSA) is 66.7 Å². The molecule has 0 radical (unpaired) electrons. The van der Waals surface area contributed by atoms with Crippen molar-refractivity contribution in [2.45, 2.75) is 32.1 Å². The van der Waals surface area contributed by atoms with Gasteiger partial charge in [-0.3, -0.25) is 14.9 Å². The minimum absolute atomic E-state index is 0.139. The third-order valence-corrected chi connectivity index (χ3v) is 5.61. The van der Waals surface area contributed by atoms with Crippen molar-refractivity contribution in [1.29, 1.82) is 0 Å². The smallest absolute Gasteiger partial charge is 0.293 e. The average molecular weight is 365 g/mol. The molecule has 0 aromatic heterocycles. The zero-order valence-corrected chi connectivity index (χ0v) is 15.4. The fourth-order valence-corrected chi connectivity index (χ4v) is 4.23. The molecule has 2 aliphatic rings. The normalized spacial score (nSPS) is 18.9.